The van der Waals surface area contributed by atoms with Gasteiger partial charge < -0.3 is 20.9 Å². The number of carbonyl (C=O) groups is 2. The van der Waals surface area contributed by atoms with Crippen LogP contribution in [0.1, 0.15) is 33.5 Å². The average Bonchev–Trinajstić information content (AvgIpc) is 2.65. The van der Waals surface area contributed by atoms with Crippen LogP contribution in [0.5, 0.6) is 0 Å². The van der Waals surface area contributed by atoms with Gasteiger partial charge in [-0.15, -0.1) is 5.92 Å². The maximum absolute atomic E-state index is 11.3. The topological polar surface area (TPSA) is 156 Å². The van der Waals surface area contributed by atoms with Gasteiger partial charge in [0.25, 0.3) is 0 Å². The second-order valence-corrected chi connectivity index (χ2v) is 5.55. The number of ether oxygens (including phenoxy) is 2. The second kappa shape index (κ2) is 10.5. The number of anilines is 2. The van der Waals surface area contributed by atoms with Gasteiger partial charge in [-0.05, 0) is 30.1 Å². The summed E-state index contributed by atoms with van der Waals surface area (Å²) in [5.41, 5.74) is 11.0. The number of carbonyl (C=O) groups excluding carboxylic acids is 2. The van der Waals surface area contributed by atoms with Crippen molar-refractivity contribution in [3.05, 3.63) is 32.5 Å². The Hall–Kier alpha value is -2.87. The quantitative estimate of drug-likeness (QED) is 0.396. The Labute approximate surface area is 174 Å². The number of nitrogen functional groups attached to an aromatic ring is 2. The summed E-state index contributed by atoms with van der Waals surface area (Å²) in [6, 6.07) is 0. The predicted octanol–water partition coefficient (Wildman–Crippen LogP) is 2.02. The van der Waals surface area contributed by atoms with Crippen LogP contribution in [0.25, 0.3) is 0 Å². The third-order valence-corrected chi connectivity index (χ3v) is 3.48. The SMILES string of the molecule is CC#Cc1c(N)nc(Cl)nc1C(=O)OC.COC(=O)c1nc(Cl)nc(N)c1Cl. The van der Waals surface area contributed by atoms with Gasteiger partial charge in [0.05, 0.1) is 19.8 Å². The highest BCUT2D eigenvalue weighted by molar-refractivity contribution is 6.36. The van der Waals surface area contributed by atoms with E-state index in [0.29, 0.717) is 0 Å². The van der Waals surface area contributed by atoms with Gasteiger partial charge in [-0.2, -0.15) is 9.97 Å². The van der Waals surface area contributed by atoms with Crippen molar-refractivity contribution in [3.63, 3.8) is 0 Å². The van der Waals surface area contributed by atoms with E-state index in [-0.39, 0.29) is 44.2 Å². The summed E-state index contributed by atoms with van der Waals surface area (Å²) < 4.78 is 8.92. The average molecular weight is 448 g/mol. The summed E-state index contributed by atoms with van der Waals surface area (Å²) in [5, 5.41) is -0.326. The van der Waals surface area contributed by atoms with E-state index in [1.807, 2.05) is 0 Å². The molecule has 2 aromatic heterocycles. The number of rotatable bonds is 2. The van der Waals surface area contributed by atoms with E-state index in [1.165, 1.54) is 14.2 Å². The van der Waals surface area contributed by atoms with Crippen molar-refractivity contribution in [2.45, 2.75) is 6.92 Å². The molecule has 0 radical (unpaired) electrons. The highest BCUT2D eigenvalue weighted by Crippen LogP contribution is 2.22. The minimum Gasteiger partial charge on any atom is -0.464 e. The van der Waals surface area contributed by atoms with Gasteiger partial charge in [-0.25, -0.2) is 19.6 Å². The maximum atomic E-state index is 11.3. The molecule has 0 amide bonds. The van der Waals surface area contributed by atoms with E-state index in [1.54, 1.807) is 6.92 Å². The third kappa shape index (κ3) is 5.82. The molecule has 2 rings (SSSR count). The lowest BCUT2D eigenvalue weighted by molar-refractivity contribution is 0.0585. The summed E-state index contributed by atoms with van der Waals surface area (Å²) in [6.45, 7) is 1.61. The van der Waals surface area contributed by atoms with Crippen molar-refractivity contribution in [2.75, 3.05) is 25.7 Å². The molecule has 0 unspecified atom stereocenters. The zero-order valence-electron chi connectivity index (χ0n) is 14.7. The first kappa shape index (κ1) is 23.2. The third-order valence-electron chi connectivity index (χ3n) is 2.77. The molecule has 0 fully saturated rings. The minimum absolute atomic E-state index is 0.0237. The standard InChI is InChI=1S/C9H8ClN3O2.C6H5Cl2N3O2/c1-3-4-5-6(8(14)15-2)12-9(10)13-7(5)11;1-13-5(12)3-2(7)4(9)11-6(8)10-3/h1-2H3,(H2,11,12,13);1H3,(H2,9,10,11). The Kier molecular flexibility index (Phi) is 8.66. The smallest absolute Gasteiger partial charge is 0.358 e. The molecular formula is C15H13Cl3N6O4. The summed E-state index contributed by atoms with van der Waals surface area (Å²) in [6.07, 6.45) is 0. The number of hydrogen-bond acceptors (Lipinski definition) is 10. The second-order valence-electron chi connectivity index (χ2n) is 4.50. The Balaban J connectivity index is 0.000000283. The van der Waals surface area contributed by atoms with E-state index >= 15 is 0 Å². The van der Waals surface area contributed by atoms with Gasteiger partial charge in [0, 0.05) is 0 Å². The minimum atomic E-state index is -0.707. The molecular weight excluding hydrogens is 435 g/mol. The van der Waals surface area contributed by atoms with E-state index in [4.69, 9.17) is 46.3 Å². The van der Waals surface area contributed by atoms with Crippen LogP contribution in [0.3, 0.4) is 0 Å². The normalized spacial score (nSPS) is 9.36. The fourth-order valence-corrected chi connectivity index (χ4v) is 2.12. The first-order chi connectivity index (χ1) is 13.2. The predicted molar refractivity (Wildman–Crippen MR) is 103 cm³/mol. The van der Waals surface area contributed by atoms with E-state index in [2.05, 4.69) is 41.3 Å². The Morgan fingerprint density at radius 2 is 1.32 bits per heavy atom. The van der Waals surface area contributed by atoms with Gasteiger partial charge in [-0.1, -0.05) is 17.5 Å². The van der Waals surface area contributed by atoms with Crippen LogP contribution in [-0.2, 0) is 9.47 Å². The number of aromatic nitrogens is 4. The number of nitrogens with zero attached hydrogens (tertiary/aromatic N) is 4. The van der Waals surface area contributed by atoms with Gasteiger partial charge in [0.1, 0.15) is 16.7 Å². The Bertz CT molecular complexity index is 974. The Morgan fingerprint density at radius 1 is 0.857 bits per heavy atom. The lowest BCUT2D eigenvalue weighted by Gasteiger charge is -2.04. The summed E-state index contributed by atoms with van der Waals surface area (Å²) in [4.78, 5) is 36.9. The number of methoxy groups -OCH3 is 2. The van der Waals surface area contributed by atoms with Crippen LogP contribution in [0.2, 0.25) is 15.6 Å². The highest BCUT2D eigenvalue weighted by Gasteiger charge is 2.18. The molecule has 0 aliphatic heterocycles. The molecule has 0 aliphatic rings. The molecule has 0 bridgehead atoms. The van der Waals surface area contributed by atoms with Crippen LogP contribution >= 0.6 is 34.8 Å². The van der Waals surface area contributed by atoms with Crippen molar-refractivity contribution in [1.29, 1.82) is 0 Å². The number of halogens is 3. The molecule has 148 valence electrons. The summed E-state index contributed by atoms with van der Waals surface area (Å²) >= 11 is 16.6. The van der Waals surface area contributed by atoms with Gasteiger partial charge in [0.2, 0.25) is 10.6 Å². The summed E-state index contributed by atoms with van der Waals surface area (Å²) in [7, 11) is 2.43. The molecule has 2 aromatic rings. The molecule has 0 saturated carbocycles. The number of nitrogens with two attached hydrogens (primary N) is 2. The van der Waals surface area contributed by atoms with Crippen LogP contribution in [0.15, 0.2) is 0 Å². The van der Waals surface area contributed by atoms with Gasteiger partial charge in [0.15, 0.2) is 11.4 Å². The van der Waals surface area contributed by atoms with E-state index < -0.39 is 11.9 Å². The first-order valence-electron chi connectivity index (χ1n) is 7.07. The molecule has 28 heavy (non-hydrogen) atoms. The molecule has 0 spiro atoms. The fourth-order valence-electron chi connectivity index (χ4n) is 1.61. The van der Waals surface area contributed by atoms with Gasteiger partial charge >= 0.3 is 11.9 Å². The zero-order chi connectivity index (χ0) is 21.4. The Morgan fingerprint density at radius 3 is 1.82 bits per heavy atom. The molecule has 0 saturated heterocycles. The molecule has 0 aromatic carbocycles. The van der Waals surface area contributed by atoms with Crippen LogP contribution in [0.4, 0.5) is 11.6 Å². The van der Waals surface area contributed by atoms with Gasteiger partial charge in [-0.3, -0.25) is 0 Å². The first-order valence-corrected chi connectivity index (χ1v) is 8.20. The van der Waals surface area contributed by atoms with Crippen LogP contribution < -0.4 is 11.5 Å². The van der Waals surface area contributed by atoms with Crippen molar-refractivity contribution < 1.29 is 19.1 Å². The summed E-state index contributed by atoms with van der Waals surface area (Å²) in [5.74, 6) is 3.88. The number of esters is 2. The molecule has 0 atom stereocenters. The maximum Gasteiger partial charge on any atom is 0.358 e. The molecule has 13 heteroatoms. The lowest BCUT2D eigenvalue weighted by Crippen LogP contribution is -2.11. The lowest BCUT2D eigenvalue weighted by atomic mass is 10.2. The van der Waals surface area contributed by atoms with Crippen molar-refractivity contribution in [3.8, 4) is 11.8 Å². The highest BCUT2D eigenvalue weighted by atomic mass is 35.5. The monoisotopic (exact) mass is 446 g/mol. The molecule has 2 heterocycles. The van der Waals surface area contributed by atoms with Crippen molar-refractivity contribution >= 4 is 58.4 Å². The largest absolute Gasteiger partial charge is 0.464 e. The fraction of sp³-hybridized carbons (Fsp3) is 0.200. The van der Waals surface area contributed by atoms with Crippen molar-refractivity contribution in [2.24, 2.45) is 0 Å². The van der Waals surface area contributed by atoms with E-state index in [0.717, 1.165) is 0 Å². The molecule has 0 aliphatic carbocycles. The van der Waals surface area contributed by atoms with Crippen LogP contribution in [-0.4, -0.2) is 46.1 Å². The number of hydrogen-bond donors (Lipinski definition) is 2. The van der Waals surface area contributed by atoms with Crippen molar-refractivity contribution in [1.82, 2.24) is 19.9 Å². The molecule has 10 nitrogen and oxygen atoms in total. The zero-order valence-corrected chi connectivity index (χ0v) is 17.0. The molecule has 4 N–H and O–H groups in total. The van der Waals surface area contributed by atoms with E-state index in [9.17, 15) is 9.59 Å². The van der Waals surface area contributed by atoms with Crippen LogP contribution in [0, 0.1) is 11.8 Å².